The number of nitrogens with zero attached hydrogens (tertiary/aromatic N) is 5. The summed E-state index contributed by atoms with van der Waals surface area (Å²) in [6.07, 6.45) is 9.03. The molecule has 0 saturated carbocycles. The lowest BCUT2D eigenvalue weighted by molar-refractivity contribution is 0.0486. The van der Waals surface area contributed by atoms with Crippen LogP contribution in [0.2, 0.25) is 0 Å². The summed E-state index contributed by atoms with van der Waals surface area (Å²) in [6.45, 7) is 3.73. The maximum atomic E-state index is 10.7. The van der Waals surface area contributed by atoms with Gasteiger partial charge in [-0.25, -0.2) is 9.97 Å². The van der Waals surface area contributed by atoms with Crippen LogP contribution in [-0.2, 0) is 20.1 Å². The van der Waals surface area contributed by atoms with Crippen molar-refractivity contribution in [2.75, 3.05) is 13.1 Å². The van der Waals surface area contributed by atoms with Gasteiger partial charge in [0.2, 0.25) is 0 Å². The molecule has 1 fully saturated rings. The van der Waals surface area contributed by atoms with Crippen LogP contribution in [0.5, 0.6) is 0 Å². The molecule has 0 bridgehead atoms. The third-order valence-electron chi connectivity index (χ3n) is 5.58. The van der Waals surface area contributed by atoms with Crippen LogP contribution in [0.15, 0.2) is 55.2 Å². The summed E-state index contributed by atoms with van der Waals surface area (Å²) in [7, 11) is 1.94. The molecule has 6 heteroatoms. The van der Waals surface area contributed by atoms with Crippen LogP contribution in [0, 0.1) is 5.92 Å². The molecule has 1 aromatic carbocycles. The summed E-state index contributed by atoms with van der Waals surface area (Å²) in [4.78, 5) is 11.1. The van der Waals surface area contributed by atoms with Gasteiger partial charge in [-0.1, -0.05) is 30.3 Å². The van der Waals surface area contributed by atoms with Gasteiger partial charge in [0.25, 0.3) is 0 Å². The van der Waals surface area contributed by atoms with E-state index in [1.54, 1.807) is 6.20 Å². The van der Waals surface area contributed by atoms with E-state index in [-0.39, 0.29) is 5.92 Å². The van der Waals surface area contributed by atoms with Crippen LogP contribution in [0.4, 0.5) is 0 Å². The fourth-order valence-corrected chi connectivity index (χ4v) is 3.93. The van der Waals surface area contributed by atoms with E-state index in [1.807, 2.05) is 36.4 Å². The first-order chi connectivity index (χ1) is 13.2. The Labute approximate surface area is 160 Å². The van der Waals surface area contributed by atoms with E-state index in [4.69, 9.17) is 0 Å². The van der Waals surface area contributed by atoms with E-state index in [2.05, 4.69) is 43.7 Å². The second-order valence-corrected chi connectivity index (χ2v) is 7.45. The lowest BCUT2D eigenvalue weighted by Gasteiger charge is -2.34. The molecule has 1 N–H and O–H groups in total. The number of aliphatic hydroxyl groups excluding tert-OH is 1. The van der Waals surface area contributed by atoms with Crippen LogP contribution in [0.3, 0.4) is 0 Å². The number of aromatic nitrogens is 4. The average molecular weight is 365 g/mol. The first-order valence-electron chi connectivity index (χ1n) is 9.61. The molecule has 3 aromatic rings. The van der Waals surface area contributed by atoms with Crippen molar-refractivity contribution in [2.45, 2.75) is 32.0 Å². The maximum absolute atomic E-state index is 10.7. The fraction of sp³-hybridized carbons (Fsp3) is 0.429. The van der Waals surface area contributed by atoms with E-state index >= 15 is 0 Å². The van der Waals surface area contributed by atoms with Crippen molar-refractivity contribution in [3.8, 4) is 0 Å². The standard InChI is InChI=1S/C21H27N5O/c1-24-12-9-23-21(24)20(27)18-7-10-25(11-8-18)15-19-13-22-16-26(19)14-17-5-3-2-4-6-17/h2-6,9,12-13,16,18,20,27H,7-8,10-11,14-15H2,1H3. The Morgan fingerprint density at radius 2 is 1.93 bits per heavy atom. The number of aliphatic hydroxyl groups is 1. The van der Waals surface area contributed by atoms with Gasteiger partial charge in [0.05, 0.1) is 12.0 Å². The number of benzene rings is 1. The first kappa shape index (κ1) is 17.9. The van der Waals surface area contributed by atoms with Gasteiger partial charge < -0.3 is 14.2 Å². The Kier molecular flexibility index (Phi) is 5.36. The van der Waals surface area contributed by atoms with Crippen molar-refractivity contribution in [2.24, 2.45) is 13.0 Å². The van der Waals surface area contributed by atoms with Gasteiger partial charge in [-0.3, -0.25) is 4.90 Å². The Hall–Kier alpha value is -2.44. The summed E-state index contributed by atoms with van der Waals surface area (Å²) >= 11 is 0. The quantitative estimate of drug-likeness (QED) is 0.729. The van der Waals surface area contributed by atoms with Crippen LogP contribution in [0.25, 0.3) is 0 Å². The van der Waals surface area contributed by atoms with Crippen LogP contribution in [0.1, 0.15) is 36.0 Å². The van der Waals surface area contributed by atoms with E-state index in [1.165, 1.54) is 11.3 Å². The molecule has 3 heterocycles. The Morgan fingerprint density at radius 1 is 1.15 bits per heavy atom. The molecule has 0 radical (unpaired) electrons. The Morgan fingerprint density at radius 3 is 2.63 bits per heavy atom. The number of hydrogen-bond acceptors (Lipinski definition) is 4. The number of aryl methyl sites for hydroxylation is 1. The number of rotatable bonds is 6. The normalized spacial score (nSPS) is 17.3. The number of likely N-dealkylation sites (tertiary alicyclic amines) is 1. The summed E-state index contributed by atoms with van der Waals surface area (Å²) in [5.74, 6) is 1.05. The molecule has 1 aliphatic heterocycles. The van der Waals surface area contributed by atoms with Gasteiger partial charge in [0, 0.05) is 38.7 Å². The van der Waals surface area contributed by atoms with Crippen molar-refractivity contribution in [3.05, 3.63) is 72.3 Å². The smallest absolute Gasteiger partial charge is 0.137 e. The van der Waals surface area contributed by atoms with Gasteiger partial charge in [-0.05, 0) is 37.4 Å². The third-order valence-corrected chi connectivity index (χ3v) is 5.58. The van der Waals surface area contributed by atoms with Crippen molar-refractivity contribution < 1.29 is 5.11 Å². The molecule has 1 aliphatic rings. The van der Waals surface area contributed by atoms with Crippen molar-refractivity contribution in [3.63, 3.8) is 0 Å². The topological polar surface area (TPSA) is 59.1 Å². The molecule has 1 saturated heterocycles. The van der Waals surface area contributed by atoms with E-state index in [0.717, 1.165) is 44.8 Å². The SMILES string of the molecule is Cn1ccnc1C(O)C1CCN(Cc2cncn2Cc2ccccc2)CC1. The maximum Gasteiger partial charge on any atom is 0.137 e. The van der Waals surface area contributed by atoms with Crippen LogP contribution in [-0.4, -0.2) is 42.2 Å². The number of hydrogen-bond donors (Lipinski definition) is 1. The summed E-state index contributed by atoms with van der Waals surface area (Å²) in [5, 5.41) is 10.7. The molecule has 6 nitrogen and oxygen atoms in total. The average Bonchev–Trinajstić information content (AvgIpc) is 3.32. The first-order valence-corrected chi connectivity index (χ1v) is 9.61. The molecule has 0 amide bonds. The molecule has 4 rings (SSSR count). The molecule has 0 spiro atoms. The Bertz CT molecular complexity index is 848. The molecule has 1 atom stereocenters. The molecule has 1 unspecified atom stereocenters. The zero-order valence-electron chi connectivity index (χ0n) is 15.8. The molecule has 27 heavy (non-hydrogen) atoms. The minimum absolute atomic E-state index is 0.275. The summed E-state index contributed by atoms with van der Waals surface area (Å²) in [5.41, 5.74) is 2.52. The van der Waals surface area contributed by atoms with Gasteiger partial charge in [-0.15, -0.1) is 0 Å². The monoisotopic (exact) mass is 365 g/mol. The van der Waals surface area contributed by atoms with E-state index < -0.39 is 6.10 Å². The summed E-state index contributed by atoms with van der Waals surface area (Å²) in [6, 6.07) is 10.5. The lowest BCUT2D eigenvalue weighted by Crippen LogP contribution is -2.36. The van der Waals surface area contributed by atoms with Gasteiger partial charge in [0.15, 0.2) is 0 Å². The predicted molar refractivity (Wildman–Crippen MR) is 104 cm³/mol. The van der Waals surface area contributed by atoms with Gasteiger partial charge >= 0.3 is 0 Å². The molecular weight excluding hydrogens is 338 g/mol. The highest BCUT2D eigenvalue weighted by atomic mass is 16.3. The van der Waals surface area contributed by atoms with E-state index in [9.17, 15) is 5.11 Å². The van der Waals surface area contributed by atoms with E-state index in [0.29, 0.717) is 0 Å². The largest absolute Gasteiger partial charge is 0.385 e. The number of piperidine rings is 1. The Balaban J connectivity index is 1.34. The summed E-state index contributed by atoms with van der Waals surface area (Å²) < 4.78 is 4.14. The van der Waals surface area contributed by atoms with Crippen molar-refractivity contribution in [1.29, 1.82) is 0 Å². The lowest BCUT2D eigenvalue weighted by atomic mass is 9.90. The zero-order chi connectivity index (χ0) is 18.6. The molecule has 2 aromatic heterocycles. The van der Waals surface area contributed by atoms with Crippen LogP contribution >= 0.6 is 0 Å². The highest BCUT2D eigenvalue weighted by molar-refractivity contribution is 5.16. The third kappa shape index (κ3) is 4.12. The molecule has 142 valence electrons. The zero-order valence-corrected chi connectivity index (χ0v) is 15.8. The second-order valence-electron chi connectivity index (χ2n) is 7.45. The second kappa shape index (κ2) is 8.06. The van der Waals surface area contributed by atoms with Gasteiger partial charge in [-0.2, -0.15) is 0 Å². The fourth-order valence-electron chi connectivity index (χ4n) is 3.93. The molecule has 0 aliphatic carbocycles. The van der Waals surface area contributed by atoms with Gasteiger partial charge in [0.1, 0.15) is 11.9 Å². The van der Waals surface area contributed by atoms with Crippen molar-refractivity contribution in [1.82, 2.24) is 24.0 Å². The van der Waals surface area contributed by atoms with Crippen LogP contribution < -0.4 is 0 Å². The highest BCUT2D eigenvalue weighted by Crippen LogP contribution is 2.30. The van der Waals surface area contributed by atoms with Crippen molar-refractivity contribution >= 4 is 0 Å². The number of imidazole rings is 2. The predicted octanol–water partition coefficient (Wildman–Crippen LogP) is 2.61. The minimum Gasteiger partial charge on any atom is -0.385 e. The highest BCUT2D eigenvalue weighted by Gasteiger charge is 2.28. The minimum atomic E-state index is -0.476. The molecular formula is C21H27N5O.